The van der Waals surface area contributed by atoms with Gasteiger partial charge in [-0.15, -0.1) is 5.10 Å². The molecule has 0 radical (unpaired) electrons. The van der Waals surface area contributed by atoms with Crippen LogP contribution in [0.3, 0.4) is 0 Å². The number of rotatable bonds is 4. The van der Waals surface area contributed by atoms with Gasteiger partial charge in [-0.2, -0.15) is 22.7 Å². The van der Waals surface area contributed by atoms with Gasteiger partial charge < -0.3 is 24.3 Å². The third-order valence-corrected chi connectivity index (χ3v) is 9.42. The lowest BCUT2D eigenvalue weighted by Crippen LogP contribution is -2.48. The van der Waals surface area contributed by atoms with Crippen LogP contribution < -0.4 is 10.9 Å². The van der Waals surface area contributed by atoms with Crippen molar-refractivity contribution in [1.82, 2.24) is 24.1 Å². The molecule has 3 aromatic rings. The lowest BCUT2D eigenvalue weighted by atomic mass is 9.74. The van der Waals surface area contributed by atoms with Crippen molar-refractivity contribution in [1.29, 1.82) is 0 Å². The Morgan fingerprint density at radius 3 is 2.47 bits per heavy atom. The highest BCUT2D eigenvalue weighted by molar-refractivity contribution is 6.33. The van der Waals surface area contributed by atoms with Crippen LogP contribution in [0.5, 0.6) is 0 Å². The van der Waals surface area contributed by atoms with Gasteiger partial charge >= 0.3 is 12.3 Å². The minimum atomic E-state index is -4.59. The number of piperidine rings is 1. The summed E-state index contributed by atoms with van der Waals surface area (Å²) in [4.78, 5) is 47.2. The van der Waals surface area contributed by atoms with E-state index in [1.54, 1.807) is 16.4 Å². The van der Waals surface area contributed by atoms with Crippen LogP contribution in [0.4, 0.5) is 23.7 Å². The molecule has 2 aromatic heterocycles. The molecule has 47 heavy (non-hydrogen) atoms. The Labute approximate surface area is 273 Å². The molecule has 1 N–H and O–H groups in total. The van der Waals surface area contributed by atoms with E-state index in [1.165, 1.54) is 4.52 Å². The van der Waals surface area contributed by atoms with E-state index in [0.29, 0.717) is 75.5 Å². The van der Waals surface area contributed by atoms with Gasteiger partial charge in [0.05, 0.1) is 29.5 Å². The third-order valence-electron chi connectivity index (χ3n) is 9.11. The van der Waals surface area contributed by atoms with E-state index in [9.17, 15) is 27.6 Å². The van der Waals surface area contributed by atoms with Crippen LogP contribution in [0.25, 0.3) is 11.4 Å². The second-order valence-corrected chi connectivity index (χ2v) is 13.7. The number of nitrogens with zero attached hydrogens (tertiary/aromatic N) is 5. The number of amides is 2. The molecule has 1 saturated heterocycles. The van der Waals surface area contributed by atoms with E-state index >= 15 is 0 Å². The Balaban J connectivity index is 1.39. The average molecular weight is 677 g/mol. The number of carbonyl (C=O) groups is 2. The first-order valence-corrected chi connectivity index (χ1v) is 15.9. The Hall–Kier alpha value is -3.91. The minimum Gasteiger partial charge on any atom is -0.444 e. The number of anilines is 1. The molecule has 0 saturated carbocycles. The van der Waals surface area contributed by atoms with E-state index in [1.807, 2.05) is 26.8 Å². The Morgan fingerprint density at radius 2 is 1.85 bits per heavy atom. The standard InChI is InChI=1S/C32H36ClF3N6O5/c1-18(26(43)37-22-6-5-20(17-21(22)33)32(34,35)36)41-23-7-10-31(11-13-40(14-12-31)29(45)47-30(2,3)4)24(23)27(44)42-28(41)38-25(39-42)19-8-15-46-16-9-19/h5-6,8,17-18H,7,9-16H2,1-4H3,(H,37,43). The molecule has 1 atom stereocenters. The molecule has 3 aliphatic rings. The van der Waals surface area contributed by atoms with Gasteiger partial charge in [0.2, 0.25) is 11.7 Å². The molecule has 4 heterocycles. The third kappa shape index (κ3) is 6.24. The number of hydrogen-bond donors (Lipinski definition) is 1. The normalized spacial score (nSPS) is 18.6. The lowest BCUT2D eigenvalue weighted by molar-refractivity contribution is -0.137. The summed E-state index contributed by atoms with van der Waals surface area (Å²) in [5, 5.41) is 7.01. The molecule has 11 nitrogen and oxygen atoms in total. The quantitative estimate of drug-likeness (QED) is 0.372. The zero-order valence-corrected chi connectivity index (χ0v) is 27.3. The fourth-order valence-corrected chi connectivity index (χ4v) is 6.92. The highest BCUT2D eigenvalue weighted by atomic mass is 35.5. The van der Waals surface area contributed by atoms with Crippen molar-refractivity contribution in [3.63, 3.8) is 0 Å². The van der Waals surface area contributed by atoms with Crippen LogP contribution in [0.15, 0.2) is 29.1 Å². The number of likely N-dealkylation sites (tertiary alicyclic amines) is 1. The molecule has 1 aromatic carbocycles. The molecular weight excluding hydrogens is 641 g/mol. The van der Waals surface area contributed by atoms with Gasteiger partial charge in [-0.25, -0.2) is 4.79 Å². The van der Waals surface area contributed by atoms with Gasteiger partial charge in [-0.05, 0) is 83.6 Å². The topological polar surface area (TPSA) is 120 Å². The molecule has 1 aliphatic carbocycles. The monoisotopic (exact) mass is 676 g/mol. The number of aromatic nitrogens is 4. The van der Waals surface area contributed by atoms with Crippen molar-refractivity contribution >= 4 is 40.6 Å². The number of hydrogen-bond acceptors (Lipinski definition) is 7. The SMILES string of the molecule is CC(C(=O)Nc1ccc(C(F)(F)F)cc1Cl)n1c2c(c(=O)n3nc(C4=CCOCC4)nc13)C1(CC2)CCN(C(=O)OC(C)(C)C)CC1. The number of carbonyl (C=O) groups excluding carboxylic acids is 2. The Kier molecular flexibility index (Phi) is 8.40. The van der Waals surface area contributed by atoms with Crippen molar-refractivity contribution in [3.05, 3.63) is 62.3 Å². The van der Waals surface area contributed by atoms with Gasteiger partial charge in [-0.1, -0.05) is 17.7 Å². The summed E-state index contributed by atoms with van der Waals surface area (Å²) in [6.45, 7) is 8.71. The molecule has 0 bridgehead atoms. The van der Waals surface area contributed by atoms with E-state index in [-0.39, 0.29) is 22.0 Å². The Bertz CT molecular complexity index is 1840. The van der Waals surface area contributed by atoms with Crippen molar-refractivity contribution in [2.45, 2.75) is 83.0 Å². The van der Waals surface area contributed by atoms with E-state index < -0.39 is 40.8 Å². The molecule has 252 valence electrons. The van der Waals surface area contributed by atoms with Crippen molar-refractivity contribution < 1.29 is 32.2 Å². The zero-order chi connectivity index (χ0) is 33.9. The highest BCUT2D eigenvalue weighted by Gasteiger charge is 2.47. The van der Waals surface area contributed by atoms with Gasteiger partial charge in [0.15, 0.2) is 5.82 Å². The second-order valence-electron chi connectivity index (χ2n) is 13.3. The fraction of sp³-hybridized carbons (Fsp3) is 0.531. The molecule has 1 unspecified atom stereocenters. The number of nitrogens with one attached hydrogen (secondary N) is 1. The predicted octanol–water partition coefficient (Wildman–Crippen LogP) is 5.78. The molecule has 6 rings (SSSR count). The molecule has 15 heteroatoms. The number of benzene rings is 1. The molecule has 1 fully saturated rings. The van der Waals surface area contributed by atoms with E-state index in [0.717, 1.165) is 23.8 Å². The second kappa shape index (κ2) is 12.0. The first kappa shape index (κ1) is 33.0. The van der Waals surface area contributed by atoms with Crippen molar-refractivity contribution in [3.8, 4) is 0 Å². The highest BCUT2D eigenvalue weighted by Crippen LogP contribution is 2.46. The molecule has 2 aliphatic heterocycles. The number of halogens is 4. The summed E-state index contributed by atoms with van der Waals surface area (Å²) in [5.74, 6) is -0.0227. The molecular formula is C32H36ClF3N6O5. The molecule has 2 amide bonds. The van der Waals surface area contributed by atoms with Crippen molar-refractivity contribution in [2.24, 2.45) is 0 Å². The maximum atomic E-state index is 14.3. The fourth-order valence-electron chi connectivity index (χ4n) is 6.69. The summed E-state index contributed by atoms with van der Waals surface area (Å²) in [6, 6.07) is 1.77. The van der Waals surface area contributed by atoms with Crippen LogP contribution >= 0.6 is 11.6 Å². The van der Waals surface area contributed by atoms with Crippen LogP contribution in [0.2, 0.25) is 5.02 Å². The zero-order valence-electron chi connectivity index (χ0n) is 26.5. The van der Waals surface area contributed by atoms with E-state index in [2.05, 4.69) is 10.4 Å². The maximum absolute atomic E-state index is 14.3. The largest absolute Gasteiger partial charge is 0.444 e. The average Bonchev–Trinajstić information content (AvgIpc) is 3.61. The van der Waals surface area contributed by atoms with Gasteiger partial charge in [0, 0.05) is 29.8 Å². The number of alkyl halides is 3. The first-order valence-electron chi connectivity index (χ1n) is 15.6. The number of fused-ring (bicyclic) bond motifs is 3. The lowest BCUT2D eigenvalue weighted by Gasteiger charge is -2.40. The first-order chi connectivity index (χ1) is 22.1. The Morgan fingerprint density at radius 1 is 1.13 bits per heavy atom. The molecule has 1 spiro atoms. The summed E-state index contributed by atoms with van der Waals surface area (Å²) in [5.41, 5.74) is -0.428. The van der Waals surface area contributed by atoms with Gasteiger partial charge in [0.1, 0.15) is 11.6 Å². The maximum Gasteiger partial charge on any atom is 0.416 e. The summed E-state index contributed by atoms with van der Waals surface area (Å²) >= 11 is 6.15. The summed E-state index contributed by atoms with van der Waals surface area (Å²) < 4.78 is 53.6. The van der Waals surface area contributed by atoms with Crippen LogP contribution in [-0.4, -0.2) is 68.0 Å². The predicted molar refractivity (Wildman–Crippen MR) is 167 cm³/mol. The van der Waals surface area contributed by atoms with Crippen LogP contribution in [0, 0.1) is 0 Å². The van der Waals surface area contributed by atoms with Gasteiger partial charge in [-0.3, -0.25) is 9.59 Å². The number of ether oxygens (including phenoxy) is 2. The minimum absolute atomic E-state index is 0.0192. The van der Waals surface area contributed by atoms with Crippen LogP contribution in [-0.2, 0) is 32.3 Å². The van der Waals surface area contributed by atoms with Crippen LogP contribution in [0.1, 0.15) is 82.1 Å². The summed E-state index contributed by atoms with van der Waals surface area (Å²) in [7, 11) is 0. The van der Waals surface area contributed by atoms with E-state index in [4.69, 9.17) is 26.1 Å². The smallest absolute Gasteiger partial charge is 0.416 e. The summed E-state index contributed by atoms with van der Waals surface area (Å²) in [6.07, 6.45) is -0.443. The van der Waals surface area contributed by atoms with Gasteiger partial charge in [0.25, 0.3) is 5.56 Å². The van der Waals surface area contributed by atoms with Crippen molar-refractivity contribution in [2.75, 3.05) is 31.6 Å².